The van der Waals surface area contributed by atoms with Crippen molar-refractivity contribution in [3.05, 3.63) is 17.2 Å². The summed E-state index contributed by atoms with van der Waals surface area (Å²) in [5.41, 5.74) is 2.29. The fourth-order valence-corrected chi connectivity index (χ4v) is 2.97. The second-order valence-electron chi connectivity index (χ2n) is 6.74. The Labute approximate surface area is 129 Å². The van der Waals surface area contributed by atoms with Gasteiger partial charge >= 0.3 is 0 Å². The summed E-state index contributed by atoms with van der Waals surface area (Å²) in [7, 11) is 4.00. The maximum absolute atomic E-state index is 5.72. The van der Waals surface area contributed by atoms with E-state index in [1.807, 2.05) is 19.0 Å². The van der Waals surface area contributed by atoms with Crippen molar-refractivity contribution < 1.29 is 0 Å². The van der Waals surface area contributed by atoms with Gasteiger partial charge in [0, 0.05) is 32.7 Å². The van der Waals surface area contributed by atoms with Gasteiger partial charge in [-0.25, -0.2) is 4.98 Å². The van der Waals surface area contributed by atoms with Crippen molar-refractivity contribution in [2.75, 3.05) is 37.0 Å². The third kappa shape index (κ3) is 3.00. The van der Waals surface area contributed by atoms with Crippen LogP contribution in [0, 0.1) is 12.3 Å². The number of aromatic nitrogens is 1. The van der Waals surface area contributed by atoms with Crippen molar-refractivity contribution in [1.82, 2.24) is 4.98 Å². The van der Waals surface area contributed by atoms with E-state index in [0.717, 1.165) is 43.1 Å². The number of anilines is 2. The fourth-order valence-electron chi connectivity index (χ4n) is 2.97. The second kappa shape index (κ2) is 5.97. The maximum Gasteiger partial charge on any atom is 0.146 e. The molecule has 0 amide bonds. The molecule has 0 unspecified atom stereocenters. The number of terminal acetylenes is 1. The van der Waals surface area contributed by atoms with Gasteiger partial charge in [0.2, 0.25) is 0 Å². The highest BCUT2D eigenvalue weighted by atomic mass is 15.3. The molecule has 1 aliphatic rings. The summed E-state index contributed by atoms with van der Waals surface area (Å²) in [5, 5.41) is 0. The van der Waals surface area contributed by atoms with Crippen molar-refractivity contribution in [1.29, 1.82) is 0 Å². The van der Waals surface area contributed by atoms with Crippen LogP contribution in [0.5, 0.6) is 0 Å². The third-order valence-electron chi connectivity index (χ3n) is 4.32. The average molecular weight is 285 g/mol. The van der Waals surface area contributed by atoms with Gasteiger partial charge in [0.05, 0.1) is 5.56 Å². The average Bonchev–Trinajstić information content (AvgIpc) is 2.35. The van der Waals surface area contributed by atoms with Crippen LogP contribution >= 0.6 is 0 Å². The van der Waals surface area contributed by atoms with Crippen LogP contribution in [0.25, 0.3) is 0 Å². The zero-order valence-corrected chi connectivity index (χ0v) is 14.0. The van der Waals surface area contributed by atoms with Crippen LogP contribution in [-0.2, 0) is 5.41 Å². The summed E-state index contributed by atoms with van der Waals surface area (Å²) in [6.07, 6.45) is 9.27. The first-order chi connectivity index (χ1) is 9.90. The van der Waals surface area contributed by atoms with Crippen LogP contribution in [0.4, 0.5) is 11.6 Å². The summed E-state index contributed by atoms with van der Waals surface area (Å²) >= 11 is 0. The molecule has 1 saturated heterocycles. The first-order valence-corrected chi connectivity index (χ1v) is 7.85. The maximum atomic E-state index is 5.72. The zero-order valence-electron chi connectivity index (χ0n) is 14.0. The Morgan fingerprint density at radius 3 is 2.48 bits per heavy atom. The second-order valence-corrected chi connectivity index (χ2v) is 6.74. The lowest BCUT2D eigenvalue weighted by molar-refractivity contribution is 0.467. The molecule has 0 spiro atoms. The van der Waals surface area contributed by atoms with E-state index < -0.39 is 0 Å². The highest BCUT2D eigenvalue weighted by Gasteiger charge is 2.30. The van der Waals surface area contributed by atoms with Crippen LogP contribution < -0.4 is 9.80 Å². The molecule has 2 heterocycles. The van der Waals surface area contributed by atoms with Crippen molar-refractivity contribution in [2.24, 2.45) is 0 Å². The lowest BCUT2D eigenvalue weighted by Crippen LogP contribution is -2.40. The van der Waals surface area contributed by atoms with Crippen molar-refractivity contribution in [3.63, 3.8) is 0 Å². The Hall–Kier alpha value is -1.69. The molecule has 1 aliphatic heterocycles. The van der Waals surface area contributed by atoms with Crippen LogP contribution in [0.15, 0.2) is 6.07 Å². The largest absolute Gasteiger partial charge is 0.362 e. The highest BCUT2D eigenvalue weighted by molar-refractivity contribution is 5.64. The molecule has 1 aromatic rings. The van der Waals surface area contributed by atoms with Gasteiger partial charge in [-0.15, -0.1) is 6.42 Å². The monoisotopic (exact) mass is 285 g/mol. The number of hydrogen-bond acceptors (Lipinski definition) is 3. The van der Waals surface area contributed by atoms with Crippen molar-refractivity contribution >= 4 is 11.6 Å². The topological polar surface area (TPSA) is 19.4 Å². The summed E-state index contributed by atoms with van der Waals surface area (Å²) in [6.45, 7) is 9.03. The molecular weight excluding hydrogens is 258 g/mol. The minimum Gasteiger partial charge on any atom is -0.362 e. The van der Waals surface area contributed by atoms with Gasteiger partial charge < -0.3 is 9.80 Å². The zero-order chi connectivity index (χ0) is 15.6. The molecule has 1 fully saturated rings. The van der Waals surface area contributed by atoms with Crippen molar-refractivity contribution in [2.45, 2.75) is 45.4 Å². The van der Waals surface area contributed by atoms with E-state index in [2.05, 4.69) is 37.7 Å². The predicted octanol–water partition coefficient (Wildman–Crippen LogP) is 3.42. The highest BCUT2D eigenvalue weighted by Crippen LogP contribution is 2.38. The van der Waals surface area contributed by atoms with Crippen LogP contribution in [0.3, 0.4) is 0 Å². The minimum absolute atomic E-state index is 0.100. The fraction of sp³-hybridized carbons (Fsp3) is 0.611. The third-order valence-corrected chi connectivity index (χ3v) is 4.32. The molecule has 3 heteroatoms. The molecule has 0 atom stereocenters. The number of rotatable bonds is 5. The normalized spacial score (nSPS) is 14.6. The lowest BCUT2D eigenvalue weighted by Gasteiger charge is -2.38. The quantitative estimate of drug-likeness (QED) is 0.773. The smallest absolute Gasteiger partial charge is 0.146 e. The molecular formula is C18H27N3. The minimum atomic E-state index is 0.100. The molecule has 0 aliphatic carbocycles. The first-order valence-electron chi connectivity index (χ1n) is 7.85. The molecule has 0 N–H and O–H groups in total. The van der Waals surface area contributed by atoms with E-state index in [1.165, 1.54) is 12.0 Å². The standard InChI is InChI=1S/C18H27N3/c1-7-10-18(3,4)15-13-14(8-2)16(20(5)6)19-17(15)21-11-9-12-21/h2,13H,7,9-12H2,1,3-6H3. The van der Waals surface area contributed by atoms with E-state index in [-0.39, 0.29) is 5.41 Å². The van der Waals surface area contributed by atoms with E-state index in [0.29, 0.717) is 0 Å². The summed E-state index contributed by atoms with van der Waals surface area (Å²) in [5.74, 6) is 4.84. The van der Waals surface area contributed by atoms with Crippen molar-refractivity contribution in [3.8, 4) is 12.3 Å². The van der Waals surface area contributed by atoms with E-state index >= 15 is 0 Å². The van der Waals surface area contributed by atoms with Gasteiger partial charge in [0.25, 0.3) is 0 Å². The summed E-state index contributed by atoms with van der Waals surface area (Å²) in [4.78, 5) is 9.31. The van der Waals surface area contributed by atoms with Crippen LogP contribution in [0.2, 0.25) is 0 Å². The predicted molar refractivity (Wildman–Crippen MR) is 91.3 cm³/mol. The Bertz CT molecular complexity index is 548. The van der Waals surface area contributed by atoms with E-state index in [4.69, 9.17) is 11.4 Å². The molecule has 2 rings (SSSR count). The lowest BCUT2D eigenvalue weighted by atomic mass is 9.80. The Morgan fingerprint density at radius 2 is 2.05 bits per heavy atom. The Morgan fingerprint density at radius 1 is 1.38 bits per heavy atom. The molecule has 0 saturated carbocycles. The summed E-state index contributed by atoms with van der Waals surface area (Å²) in [6, 6.07) is 2.19. The van der Waals surface area contributed by atoms with E-state index in [9.17, 15) is 0 Å². The van der Waals surface area contributed by atoms with Gasteiger partial charge in [0.1, 0.15) is 11.6 Å². The molecule has 0 bridgehead atoms. The number of hydrogen-bond donors (Lipinski definition) is 0. The van der Waals surface area contributed by atoms with Gasteiger partial charge in [-0.3, -0.25) is 0 Å². The first kappa shape index (κ1) is 15.7. The molecule has 0 aromatic carbocycles. The van der Waals surface area contributed by atoms with Crippen LogP contribution in [0.1, 0.15) is 51.2 Å². The van der Waals surface area contributed by atoms with Gasteiger partial charge in [0.15, 0.2) is 0 Å². The Balaban J connectivity index is 2.59. The molecule has 0 radical (unpaired) electrons. The molecule has 114 valence electrons. The van der Waals surface area contributed by atoms with Crippen LogP contribution in [-0.4, -0.2) is 32.2 Å². The number of pyridine rings is 1. The van der Waals surface area contributed by atoms with Gasteiger partial charge in [-0.05, 0) is 24.3 Å². The SMILES string of the molecule is C#Cc1cc(C(C)(C)CCC)c(N2CCC2)nc1N(C)C. The van der Waals surface area contributed by atoms with E-state index in [1.54, 1.807) is 0 Å². The number of nitrogens with zero attached hydrogens (tertiary/aromatic N) is 3. The van der Waals surface area contributed by atoms with Gasteiger partial charge in [-0.1, -0.05) is 33.1 Å². The summed E-state index contributed by atoms with van der Waals surface area (Å²) < 4.78 is 0. The molecule has 1 aromatic heterocycles. The molecule has 3 nitrogen and oxygen atoms in total. The van der Waals surface area contributed by atoms with Gasteiger partial charge in [-0.2, -0.15) is 0 Å². The Kier molecular flexibility index (Phi) is 4.46. The molecule has 21 heavy (non-hydrogen) atoms.